The fourth-order valence-corrected chi connectivity index (χ4v) is 1.55. The minimum atomic E-state index is 0.000206. The van der Waals surface area contributed by atoms with Crippen molar-refractivity contribution in [3.63, 3.8) is 0 Å². The van der Waals surface area contributed by atoms with Crippen LogP contribution in [0.5, 0.6) is 0 Å². The number of carbonyl (C=O) groups is 1. The van der Waals surface area contributed by atoms with Crippen LogP contribution in [-0.2, 0) is 4.79 Å². The van der Waals surface area contributed by atoms with Crippen LogP contribution in [0.1, 0.15) is 18.5 Å². The molecule has 0 unspecified atom stereocenters. The van der Waals surface area contributed by atoms with E-state index in [1.54, 1.807) is 18.1 Å². The Kier molecular flexibility index (Phi) is 3.71. The highest BCUT2D eigenvalue weighted by atomic mass is 32.1. The van der Waals surface area contributed by atoms with Gasteiger partial charge in [-0.15, -0.1) is 0 Å². The van der Waals surface area contributed by atoms with Gasteiger partial charge >= 0.3 is 0 Å². The van der Waals surface area contributed by atoms with E-state index in [1.807, 2.05) is 0 Å². The normalized spacial score (nSPS) is 14.1. The Labute approximate surface area is 111 Å². The summed E-state index contributed by atoms with van der Waals surface area (Å²) in [5, 5.41) is 2.91. The Hall–Kier alpha value is -1.76. The van der Waals surface area contributed by atoms with Gasteiger partial charge in [-0.3, -0.25) is 4.79 Å². The topological polar surface area (TPSA) is 84.1 Å². The lowest BCUT2D eigenvalue weighted by Crippen LogP contribution is -2.36. The molecular formula is C11H15N5OS. The monoisotopic (exact) mass is 265 g/mol. The molecule has 1 heterocycles. The molecular weight excluding hydrogens is 250 g/mol. The third-order valence-corrected chi connectivity index (χ3v) is 2.81. The van der Waals surface area contributed by atoms with Crippen LogP contribution in [0.4, 0.5) is 5.82 Å². The first kappa shape index (κ1) is 12.7. The molecule has 6 nitrogen and oxygen atoms in total. The summed E-state index contributed by atoms with van der Waals surface area (Å²) in [6, 6.07) is 0.369. The second kappa shape index (κ2) is 5.26. The summed E-state index contributed by atoms with van der Waals surface area (Å²) in [6.07, 6.45) is 5.22. The van der Waals surface area contributed by atoms with Gasteiger partial charge in [-0.2, -0.15) is 0 Å². The second-order valence-electron chi connectivity index (χ2n) is 4.32. The molecule has 2 rings (SSSR count). The van der Waals surface area contributed by atoms with E-state index < -0.39 is 0 Å². The van der Waals surface area contributed by atoms with Gasteiger partial charge < -0.3 is 16.0 Å². The predicted octanol–water partition coefficient (Wildman–Crippen LogP) is -0.174. The number of carbonyl (C=O) groups excluding carboxylic acids is 1. The maximum Gasteiger partial charge on any atom is 0.239 e. The number of nitrogens with one attached hydrogen (secondary N) is 1. The summed E-state index contributed by atoms with van der Waals surface area (Å²) in [7, 11) is 1.79. The van der Waals surface area contributed by atoms with Crippen LogP contribution >= 0.6 is 12.2 Å². The Morgan fingerprint density at radius 1 is 1.56 bits per heavy atom. The van der Waals surface area contributed by atoms with Gasteiger partial charge in [-0.25, -0.2) is 9.97 Å². The van der Waals surface area contributed by atoms with Crippen molar-refractivity contribution in [2.75, 3.05) is 18.5 Å². The van der Waals surface area contributed by atoms with E-state index in [9.17, 15) is 4.79 Å². The smallest absolute Gasteiger partial charge is 0.239 e. The number of hydrogen-bond acceptors (Lipinski definition) is 5. The van der Waals surface area contributed by atoms with Gasteiger partial charge in [0.2, 0.25) is 5.91 Å². The maximum atomic E-state index is 11.6. The Balaban J connectivity index is 1.92. The second-order valence-corrected chi connectivity index (χ2v) is 4.76. The van der Waals surface area contributed by atoms with Gasteiger partial charge in [-0.05, 0) is 12.8 Å². The molecule has 1 amide bonds. The number of nitrogens with two attached hydrogens (primary N) is 1. The molecule has 0 bridgehead atoms. The molecule has 0 aliphatic heterocycles. The lowest BCUT2D eigenvalue weighted by molar-refractivity contribution is -0.119. The van der Waals surface area contributed by atoms with Crippen LogP contribution in [0.3, 0.4) is 0 Å². The SMILES string of the molecule is CN(CC(=O)NC1CC1)c1cnc(C(N)=S)cn1. The highest BCUT2D eigenvalue weighted by molar-refractivity contribution is 7.80. The molecule has 0 saturated heterocycles. The molecule has 1 saturated carbocycles. The van der Waals surface area contributed by atoms with Gasteiger partial charge in [-0.1, -0.05) is 12.2 Å². The van der Waals surface area contributed by atoms with E-state index in [4.69, 9.17) is 18.0 Å². The number of hydrogen-bond donors (Lipinski definition) is 2. The average molecular weight is 265 g/mol. The molecule has 3 N–H and O–H groups in total. The first-order valence-electron chi connectivity index (χ1n) is 5.68. The third kappa shape index (κ3) is 3.36. The molecule has 1 aromatic heterocycles. The molecule has 0 spiro atoms. The molecule has 18 heavy (non-hydrogen) atoms. The van der Waals surface area contributed by atoms with Crippen molar-refractivity contribution in [3.05, 3.63) is 18.1 Å². The van der Waals surface area contributed by atoms with E-state index in [-0.39, 0.29) is 17.4 Å². The number of anilines is 1. The standard InChI is InChI=1S/C11H15N5OS/c1-16(6-10(17)15-7-2-3-7)9-5-13-8(4-14-9)11(12)18/h4-5,7H,2-3,6H2,1H3,(H2,12,18)(H,15,17). The molecule has 0 radical (unpaired) electrons. The van der Waals surface area contributed by atoms with Crippen LogP contribution in [0.15, 0.2) is 12.4 Å². The van der Waals surface area contributed by atoms with Gasteiger partial charge in [0.05, 0.1) is 18.9 Å². The van der Waals surface area contributed by atoms with Crippen molar-refractivity contribution in [1.29, 1.82) is 0 Å². The Morgan fingerprint density at radius 3 is 2.78 bits per heavy atom. The fraction of sp³-hybridized carbons (Fsp3) is 0.455. The molecule has 96 valence electrons. The lowest BCUT2D eigenvalue weighted by Gasteiger charge is -2.17. The number of likely N-dealkylation sites (N-methyl/N-ethyl adjacent to an activating group) is 1. The third-order valence-electron chi connectivity index (χ3n) is 2.60. The highest BCUT2D eigenvalue weighted by Gasteiger charge is 2.23. The van der Waals surface area contributed by atoms with Crippen LogP contribution < -0.4 is 16.0 Å². The van der Waals surface area contributed by atoms with E-state index in [1.165, 1.54) is 6.20 Å². The number of thiocarbonyl (C=S) groups is 1. The highest BCUT2D eigenvalue weighted by Crippen LogP contribution is 2.18. The lowest BCUT2D eigenvalue weighted by atomic mass is 10.4. The summed E-state index contributed by atoms with van der Waals surface area (Å²) in [4.78, 5) is 21.8. The van der Waals surface area contributed by atoms with Crippen LogP contribution in [-0.4, -0.2) is 40.5 Å². The number of rotatable bonds is 5. The maximum absolute atomic E-state index is 11.6. The Morgan fingerprint density at radius 2 is 2.28 bits per heavy atom. The van der Waals surface area contributed by atoms with E-state index in [0.29, 0.717) is 17.6 Å². The quantitative estimate of drug-likeness (QED) is 0.719. The number of amides is 1. The van der Waals surface area contributed by atoms with E-state index in [0.717, 1.165) is 12.8 Å². The zero-order valence-corrected chi connectivity index (χ0v) is 10.9. The number of nitrogens with zero attached hydrogens (tertiary/aromatic N) is 3. The fourth-order valence-electron chi connectivity index (χ4n) is 1.44. The van der Waals surface area contributed by atoms with Crippen LogP contribution in [0.2, 0.25) is 0 Å². The molecule has 0 aromatic carbocycles. The van der Waals surface area contributed by atoms with Crippen molar-refractivity contribution in [3.8, 4) is 0 Å². The van der Waals surface area contributed by atoms with Crippen molar-refractivity contribution in [1.82, 2.24) is 15.3 Å². The van der Waals surface area contributed by atoms with Gasteiger partial charge in [0.1, 0.15) is 16.5 Å². The summed E-state index contributed by atoms with van der Waals surface area (Å²) in [5.74, 6) is 0.612. The zero-order chi connectivity index (χ0) is 13.1. The largest absolute Gasteiger partial charge is 0.388 e. The first-order chi connectivity index (χ1) is 8.56. The van der Waals surface area contributed by atoms with Crippen molar-refractivity contribution in [2.24, 2.45) is 5.73 Å². The van der Waals surface area contributed by atoms with Crippen molar-refractivity contribution < 1.29 is 4.79 Å². The van der Waals surface area contributed by atoms with Crippen molar-refractivity contribution >= 4 is 28.9 Å². The molecule has 1 aliphatic carbocycles. The van der Waals surface area contributed by atoms with Crippen LogP contribution in [0.25, 0.3) is 0 Å². The van der Waals surface area contributed by atoms with Gasteiger partial charge in [0.25, 0.3) is 0 Å². The number of aromatic nitrogens is 2. The molecule has 1 aromatic rings. The van der Waals surface area contributed by atoms with E-state index in [2.05, 4.69) is 15.3 Å². The first-order valence-corrected chi connectivity index (χ1v) is 6.09. The van der Waals surface area contributed by atoms with Gasteiger partial charge in [0.15, 0.2) is 0 Å². The molecule has 7 heteroatoms. The summed E-state index contributed by atoms with van der Waals surface area (Å²) in [5.41, 5.74) is 5.91. The Bertz CT molecular complexity index is 457. The minimum Gasteiger partial charge on any atom is -0.388 e. The predicted molar refractivity (Wildman–Crippen MR) is 72.4 cm³/mol. The molecule has 0 atom stereocenters. The summed E-state index contributed by atoms with van der Waals surface area (Å²) in [6.45, 7) is 0.262. The summed E-state index contributed by atoms with van der Waals surface area (Å²) >= 11 is 4.79. The van der Waals surface area contributed by atoms with Crippen molar-refractivity contribution in [2.45, 2.75) is 18.9 Å². The molecule has 1 aliphatic rings. The molecule has 1 fully saturated rings. The summed E-state index contributed by atoms with van der Waals surface area (Å²) < 4.78 is 0. The van der Waals surface area contributed by atoms with E-state index >= 15 is 0 Å². The van der Waals surface area contributed by atoms with Crippen LogP contribution in [0, 0.1) is 0 Å². The van der Waals surface area contributed by atoms with Gasteiger partial charge in [0, 0.05) is 13.1 Å². The average Bonchev–Trinajstić information content (AvgIpc) is 3.12. The minimum absolute atomic E-state index is 0.000206. The zero-order valence-electron chi connectivity index (χ0n) is 10.1.